The number of carbonyl (C=O) groups excluding carboxylic acids is 2. The number of methoxy groups -OCH3 is 1. The molecule has 1 aromatic heterocycles. The maximum Gasteiger partial charge on any atom is 0.425 e. The van der Waals surface area contributed by atoms with Gasteiger partial charge >= 0.3 is 12.1 Å². The van der Waals surface area contributed by atoms with Crippen molar-refractivity contribution < 1.29 is 41.0 Å². The second-order valence-corrected chi connectivity index (χ2v) is 8.81. The predicted molar refractivity (Wildman–Crippen MR) is 124 cm³/mol. The third-order valence-electron chi connectivity index (χ3n) is 4.91. The van der Waals surface area contributed by atoms with Gasteiger partial charge in [0.05, 0.1) is 23.4 Å². The first-order valence-electron chi connectivity index (χ1n) is 10.3. The first-order chi connectivity index (χ1) is 16.9. The lowest BCUT2D eigenvalue weighted by Gasteiger charge is -2.20. The van der Waals surface area contributed by atoms with Crippen LogP contribution in [0.15, 0.2) is 30.3 Å². The van der Waals surface area contributed by atoms with Crippen LogP contribution in [0.2, 0.25) is 5.02 Å². The largest absolute Gasteiger partial charge is 0.480 e. The minimum absolute atomic E-state index is 0.0432. The molecule has 0 aliphatic heterocycles. The van der Waals surface area contributed by atoms with Crippen molar-refractivity contribution in [3.05, 3.63) is 63.1 Å². The highest BCUT2D eigenvalue weighted by atomic mass is 35.5. The quantitative estimate of drug-likeness (QED) is 0.263. The summed E-state index contributed by atoms with van der Waals surface area (Å²) in [6, 6.07) is 5.07. The predicted octanol–water partition coefficient (Wildman–Crippen LogP) is 6.67. The van der Waals surface area contributed by atoms with Gasteiger partial charge in [-0.1, -0.05) is 24.6 Å². The van der Waals surface area contributed by atoms with Crippen molar-refractivity contribution in [2.24, 2.45) is 0 Å². The summed E-state index contributed by atoms with van der Waals surface area (Å²) in [4.78, 5) is 29.4. The molecule has 13 heteroatoms. The van der Waals surface area contributed by atoms with Crippen LogP contribution in [0.25, 0.3) is 10.6 Å². The number of aromatic nitrogens is 1. The van der Waals surface area contributed by atoms with Gasteiger partial charge in [-0.05, 0) is 37.6 Å². The molecule has 0 saturated carbocycles. The SMILES string of the molecule is CCc1sc(-c2cc(OC(C)C(F)(F)F)c(C(=O)Nc3c(F)cccc3Cl)cc2F)nc1C(=O)OC. The van der Waals surface area contributed by atoms with Gasteiger partial charge in [0.25, 0.3) is 5.91 Å². The van der Waals surface area contributed by atoms with Crippen LogP contribution in [-0.4, -0.2) is 36.3 Å². The summed E-state index contributed by atoms with van der Waals surface area (Å²) in [5.41, 5.74) is -1.47. The molecule has 0 fully saturated rings. The van der Waals surface area contributed by atoms with Crippen molar-refractivity contribution in [3.8, 4) is 16.3 Å². The van der Waals surface area contributed by atoms with Gasteiger partial charge in [0.2, 0.25) is 0 Å². The number of nitrogens with one attached hydrogen (secondary N) is 1. The Morgan fingerprint density at radius 2 is 1.89 bits per heavy atom. The van der Waals surface area contributed by atoms with E-state index in [2.05, 4.69) is 15.0 Å². The number of amides is 1. The number of nitrogens with zero attached hydrogens (tertiary/aromatic N) is 1. The second kappa shape index (κ2) is 10.8. The van der Waals surface area contributed by atoms with Gasteiger partial charge in [0.1, 0.15) is 22.4 Å². The fourth-order valence-corrected chi connectivity index (χ4v) is 4.23. The Bertz CT molecular complexity index is 1290. The highest BCUT2D eigenvalue weighted by Crippen LogP contribution is 2.37. The first-order valence-corrected chi connectivity index (χ1v) is 11.5. The highest BCUT2D eigenvalue weighted by Gasteiger charge is 2.39. The molecule has 1 N–H and O–H groups in total. The van der Waals surface area contributed by atoms with Crippen LogP contribution in [-0.2, 0) is 11.2 Å². The van der Waals surface area contributed by atoms with Crippen LogP contribution in [0, 0.1) is 11.6 Å². The van der Waals surface area contributed by atoms with Gasteiger partial charge in [0.15, 0.2) is 11.8 Å². The van der Waals surface area contributed by atoms with Crippen molar-refractivity contribution >= 4 is 40.5 Å². The molecule has 2 aromatic carbocycles. The number of hydrogen-bond donors (Lipinski definition) is 1. The third-order valence-corrected chi connectivity index (χ3v) is 6.46. The lowest BCUT2D eigenvalue weighted by Crippen LogP contribution is -2.32. The van der Waals surface area contributed by atoms with Crippen LogP contribution in [0.1, 0.15) is 39.6 Å². The summed E-state index contributed by atoms with van der Waals surface area (Å²) in [6.45, 7) is 2.42. The number of ether oxygens (including phenoxy) is 2. The number of esters is 1. The summed E-state index contributed by atoms with van der Waals surface area (Å²) < 4.78 is 78.6. The average Bonchev–Trinajstić information content (AvgIpc) is 3.25. The number of anilines is 1. The van der Waals surface area contributed by atoms with Crippen molar-refractivity contribution in [1.82, 2.24) is 4.98 Å². The molecular formula is C23H18ClF5N2O4S. The molecule has 3 aromatic rings. The summed E-state index contributed by atoms with van der Waals surface area (Å²) in [7, 11) is 1.14. The number of thiazole rings is 1. The van der Waals surface area contributed by atoms with E-state index >= 15 is 4.39 Å². The van der Waals surface area contributed by atoms with Crippen LogP contribution >= 0.6 is 22.9 Å². The Labute approximate surface area is 211 Å². The van der Waals surface area contributed by atoms with Gasteiger partial charge in [-0.25, -0.2) is 18.6 Å². The average molecular weight is 549 g/mol. The summed E-state index contributed by atoms with van der Waals surface area (Å²) in [5, 5.41) is 1.90. The monoisotopic (exact) mass is 548 g/mol. The van der Waals surface area contributed by atoms with E-state index in [1.807, 2.05) is 0 Å². The number of carbonyl (C=O) groups is 2. The Balaban J connectivity index is 2.13. The smallest absolute Gasteiger partial charge is 0.425 e. The molecule has 192 valence electrons. The minimum atomic E-state index is -4.81. The van der Waals surface area contributed by atoms with Gasteiger partial charge in [-0.2, -0.15) is 13.2 Å². The Morgan fingerprint density at radius 3 is 2.47 bits per heavy atom. The van der Waals surface area contributed by atoms with Gasteiger partial charge in [-0.15, -0.1) is 11.3 Å². The standard InChI is InChI=1S/C23H18ClF5N2O4S/c1-4-17-19(22(33)34-3)31-21(36-17)11-9-16(35-10(2)23(27,28)29)12(8-15(11)26)20(32)30-18-13(24)6-5-7-14(18)25/h5-10H,4H2,1-3H3,(H,30,32). The van der Waals surface area contributed by atoms with Crippen molar-refractivity contribution in [3.63, 3.8) is 0 Å². The number of para-hydroxylation sites is 1. The van der Waals surface area contributed by atoms with Crippen LogP contribution in [0.5, 0.6) is 5.75 Å². The maximum absolute atomic E-state index is 15.2. The molecule has 0 spiro atoms. The van der Waals surface area contributed by atoms with E-state index in [0.717, 1.165) is 30.6 Å². The number of rotatable bonds is 7. The third kappa shape index (κ3) is 5.76. The molecular weight excluding hydrogens is 531 g/mol. The van der Waals surface area contributed by atoms with Gasteiger partial charge in [-0.3, -0.25) is 4.79 Å². The van der Waals surface area contributed by atoms with Crippen LogP contribution < -0.4 is 10.1 Å². The van der Waals surface area contributed by atoms with E-state index in [1.54, 1.807) is 6.92 Å². The molecule has 36 heavy (non-hydrogen) atoms. The molecule has 3 rings (SSSR count). The van der Waals surface area contributed by atoms with Gasteiger partial charge < -0.3 is 14.8 Å². The normalized spacial score (nSPS) is 12.2. The van der Waals surface area contributed by atoms with E-state index in [9.17, 15) is 27.2 Å². The zero-order valence-corrected chi connectivity index (χ0v) is 20.5. The second-order valence-electron chi connectivity index (χ2n) is 7.32. The molecule has 0 bridgehead atoms. The topological polar surface area (TPSA) is 77.5 Å². The van der Waals surface area contributed by atoms with Crippen molar-refractivity contribution in [2.45, 2.75) is 32.5 Å². The molecule has 0 radical (unpaired) electrons. The van der Waals surface area contributed by atoms with Gasteiger partial charge in [0, 0.05) is 10.4 Å². The fraction of sp³-hybridized carbons (Fsp3) is 0.261. The molecule has 1 amide bonds. The van der Waals surface area contributed by atoms with Crippen LogP contribution in [0.4, 0.5) is 27.6 Å². The molecule has 1 heterocycles. The highest BCUT2D eigenvalue weighted by molar-refractivity contribution is 7.15. The number of aryl methyl sites for hydroxylation is 1. The summed E-state index contributed by atoms with van der Waals surface area (Å²) >= 11 is 6.82. The maximum atomic E-state index is 15.2. The fourth-order valence-electron chi connectivity index (χ4n) is 3.01. The lowest BCUT2D eigenvalue weighted by molar-refractivity contribution is -0.189. The molecule has 0 aliphatic rings. The number of hydrogen-bond acceptors (Lipinski definition) is 6. The number of alkyl halides is 3. The molecule has 1 unspecified atom stereocenters. The lowest BCUT2D eigenvalue weighted by atomic mass is 10.1. The van der Waals surface area contributed by atoms with Crippen molar-refractivity contribution in [1.29, 1.82) is 0 Å². The van der Waals surface area contributed by atoms with Crippen LogP contribution in [0.3, 0.4) is 0 Å². The Hall–Kier alpha value is -3.25. The van der Waals surface area contributed by atoms with E-state index in [-0.39, 0.29) is 21.3 Å². The Kier molecular flexibility index (Phi) is 8.19. The minimum Gasteiger partial charge on any atom is -0.480 e. The molecule has 0 aliphatic carbocycles. The molecule has 1 atom stereocenters. The zero-order valence-electron chi connectivity index (χ0n) is 18.9. The van der Waals surface area contributed by atoms with E-state index < -0.39 is 52.8 Å². The zero-order chi connectivity index (χ0) is 26.8. The first kappa shape index (κ1) is 27.3. The summed E-state index contributed by atoms with van der Waals surface area (Å²) in [6.07, 6.45) is -6.85. The van der Waals surface area contributed by atoms with E-state index in [1.165, 1.54) is 12.1 Å². The Morgan fingerprint density at radius 1 is 1.19 bits per heavy atom. The molecule has 6 nitrogen and oxygen atoms in total. The number of halogens is 6. The van der Waals surface area contributed by atoms with Crippen molar-refractivity contribution in [2.75, 3.05) is 12.4 Å². The van der Waals surface area contributed by atoms with E-state index in [0.29, 0.717) is 24.3 Å². The summed E-state index contributed by atoms with van der Waals surface area (Å²) in [5.74, 6) is -4.53. The molecule has 0 saturated heterocycles. The van der Waals surface area contributed by atoms with E-state index in [4.69, 9.17) is 16.3 Å². The number of benzene rings is 2.